The third-order valence-corrected chi connectivity index (χ3v) is 8.90. The van der Waals surface area contributed by atoms with Gasteiger partial charge in [0.25, 0.3) is 11.8 Å². The average Bonchev–Trinajstić information content (AvgIpc) is 3.55. The molecule has 0 saturated heterocycles. The smallest absolute Gasteiger partial charge is 0.272 e. The fraction of sp³-hybridized carbons (Fsp3) is 0.0500. The van der Waals surface area contributed by atoms with E-state index in [4.69, 9.17) is 0 Å². The van der Waals surface area contributed by atoms with Crippen molar-refractivity contribution in [3.05, 3.63) is 162 Å². The van der Waals surface area contributed by atoms with Crippen LogP contribution in [-0.4, -0.2) is 28.6 Å². The van der Waals surface area contributed by atoms with Gasteiger partial charge in [-0.2, -0.15) is 0 Å². The summed E-state index contributed by atoms with van der Waals surface area (Å²) in [6.45, 7) is 1.44. The molecule has 0 aliphatic rings. The highest BCUT2D eigenvalue weighted by molar-refractivity contribution is 8.00. The predicted octanol–water partition coefficient (Wildman–Crippen LogP) is 8.01. The number of anilines is 3. The van der Waals surface area contributed by atoms with Crippen LogP contribution < -0.4 is 21.3 Å². The van der Waals surface area contributed by atoms with Gasteiger partial charge in [-0.15, -0.1) is 11.8 Å². The van der Waals surface area contributed by atoms with Crippen LogP contribution in [0.5, 0.6) is 0 Å². The maximum atomic E-state index is 13.6. The molecule has 0 aliphatic carbocycles. The summed E-state index contributed by atoms with van der Waals surface area (Å²) in [5.41, 5.74) is 4.72. The van der Waals surface area contributed by atoms with Crippen LogP contribution >= 0.6 is 11.8 Å². The molecule has 0 fully saturated rings. The van der Waals surface area contributed by atoms with Crippen LogP contribution in [0.2, 0.25) is 0 Å². The quantitative estimate of drug-likeness (QED) is 0.0699. The second kappa shape index (κ2) is 15.7. The van der Waals surface area contributed by atoms with Gasteiger partial charge in [0.15, 0.2) is 0 Å². The maximum absolute atomic E-state index is 13.6. The SMILES string of the molecule is CC(=O)Nc1ccc(NC(=O)C(Sc2ccc(NC(=O)C(=Cc3c[nH]c4ccccc34)NC(=O)c3ccccc3)cc2)c2ccccc2)cc1. The van der Waals surface area contributed by atoms with Crippen LogP contribution in [0.25, 0.3) is 17.0 Å². The molecule has 6 aromatic rings. The highest BCUT2D eigenvalue weighted by Gasteiger charge is 2.23. The number of aromatic amines is 1. The largest absolute Gasteiger partial charge is 0.361 e. The van der Waals surface area contributed by atoms with E-state index in [0.717, 1.165) is 26.9 Å². The summed E-state index contributed by atoms with van der Waals surface area (Å²) >= 11 is 1.37. The number of H-pyrrole nitrogens is 1. The van der Waals surface area contributed by atoms with Gasteiger partial charge in [0, 0.05) is 57.1 Å². The van der Waals surface area contributed by atoms with Crippen molar-refractivity contribution in [1.82, 2.24) is 10.3 Å². The Labute approximate surface area is 293 Å². The normalized spacial score (nSPS) is 11.7. The van der Waals surface area contributed by atoms with Crippen LogP contribution in [0.3, 0.4) is 0 Å². The van der Waals surface area contributed by atoms with E-state index < -0.39 is 17.1 Å². The molecule has 1 heterocycles. The minimum atomic E-state index is -0.578. The van der Waals surface area contributed by atoms with Crippen LogP contribution in [0.4, 0.5) is 17.1 Å². The lowest BCUT2D eigenvalue weighted by atomic mass is 10.1. The van der Waals surface area contributed by atoms with Crippen molar-refractivity contribution in [1.29, 1.82) is 0 Å². The number of para-hydroxylation sites is 1. The lowest BCUT2D eigenvalue weighted by Gasteiger charge is -2.18. The Morgan fingerprint density at radius 2 is 1.24 bits per heavy atom. The molecule has 0 aliphatic heterocycles. The summed E-state index contributed by atoms with van der Waals surface area (Å²) in [5.74, 6) is -1.30. The van der Waals surface area contributed by atoms with Gasteiger partial charge < -0.3 is 26.3 Å². The molecule has 1 unspecified atom stereocenters. The van der Waals surface area contributed by atoms with E-state index in [1.165, 1.54) is 18.7 Å². The number of fused-ring (bicyclic) bond motifs is 1. The van der Waals surface area contributed by atoms with Gasteiger partial charge in [0.1, 0.15) is 10.9 Å². The highest BCUT2D eigenvalue weighted by Crippen LogP contribution is 2.37. The first-order valence-corrected chi connectivity index (χ1v) is 16.7. The fourth-order valence-corrected chi connectivity index (χ4v) is 6.24. The first-order valence-electron chi connectivity index (χ1n) is 15.8. The lowest BCUT2D eigenvalue weighted by Crippen LogP contribution is -2.30. The first-order chi connectivity index (χ1) is 24.3. The van der Waals surface area contributed by atoms with Crippen molar-refractivity contribution in [2.24, 2.45) is 0 Å². The number of amides is 4. The monoisotopic (exact) mass is 679 g/mol. The molecule has 0 saturated carbocycles. The van der Waals surface area contributed by atoms with E-state index in [9.17, 15) is 19.2 Å². The Balaban J connectivity index is 1.19. The Bertz CT molecular complexity index is 2160. The Hall–Kier alpha value is -6.39. The molecule has 1 atom stereocenters. The summed E-state index contributed by atoms with van der Waals surface area (Å²) in [5, 5.41) is 11.7. The number of aromatic nitrogens is 1. The number of hydrogen-bond donors (Lipinski definition) is 5. The zero-order chi connectivity index (χ0) is 34.9. The summed E-state index contributed by atoms with van der Waals surface area (Å²) in [7, 11) is 0. The molecule has 50 heavy (non-hydrogen) atoms. The molecule has 0 spiro atoms. The summed E-state index contributed by atoms with van der Waals surface area (Å²) in [6.07, 6.45) is 3.44. The van der Waals surface area contributed by atoms with Gasteiger partial charge in [-0.25, -0.2) is 0 Å². The first kappa shape index (κ1) is 33.5. The molecule has 5 aromatic carbocycles. The maximum Gasteiger partial charge on any atom is 0.272 e. The number of hydrogen-bond acceptors (Lipinski definition) is 5. The molecular weight excluding hydrogens is 647 g/mol. The standard InChI is InChI=1S/C40H33N5O4S/c1-26(46)42-30-16-18-31(19-17-30)44-40(49)37(27-10-4-2-5-11-27)50-33-22-20-32(21-23-33)43-39(48)36(45-38(47)28-12-6-3-7-13-28)24-29-25-41-35-15-9-8-14-34(29)35/h2-25,37,41H,1H3,(H,42,46)(H,43,48)(H,44,49)(H,45,47). The Morgan fingerprint density at radius 3 is 1.92 bits per heavy atom. The third kappa shape index (κ3) is 8.55. The van der Waals surface area contributed by atoms with Gasteiger partial charge in [-0.05, 0) is 78.4 Å². The molecule has 0 radical (unpaired) electrons. The topological polar surface area (TPSA) is 132 Å². The minimum Gasteiger partial charge on any atom is -0.361 e. The van der Waals surface area contributed by atoms with E-state index in [0.29, 0.717) is 22.6 Å². The highest BCUT2D eigenvalue weighted by atomic mass is 32.2. The Kier molecular flexibility index (Phi) is 10.5. The molecule has 0 bridgehead atoms. The zero-order valence-corrected chi connectivity index (χ0v) is 27.8. The van der Waals surface area contributed by atoms with E-state index in [1.807, 2.05) is 72.8 Å². The van der Waals surface area contributed by atoms with Crippen LogP contribution in [0, 0.1) is 0 Å². The zero-order valence-electron chi connectivity index (χ0n) is 27.0. The molecule has 4 amide bonds. The molecular formula is C40H33N5O4S. The second-order valence-corrected chi connectivity index (χ2v) is 12.5. The third-order valence-electron chi connectivity index (χ3n) is 7.63. The summed E-state index contributed by atoms with van der Waals surface area (Å²) in [6, 6.07) is 40.0. The average molecular weight is 680 g/mol. The molecule has 1 aromatic heterocycles. The van der Waals surface area contributed by atoms with Crippen molar-refractivity contribution in [2.45, 2.75) is 17.1 Å². The summed E-state index contributed by atoms with van der Waals surface area (Å²) < 4.78 is 0. The van der Waals surface area contributed by atoms with Crippen molar-refractivity contribution in [3.8, 4) is 0 Å². The van der Waals surface area contributed by atoms with Crippen molar-refractivity contribution >= 4 is 69.4 Å². The van der Waals surface area contributed by atoms with E-state index in [1.54, 1.807) is 72.9 Å². The van der Waals surface area contributed by atoms with Gasteiger partial charge >= 0.3 is 0 Å². The van der Waals surface area contributed by atoms with E-state index in [-0.39, 0.29) is 17.5 Å². The van der Waals surface area contributed by atoms with Gasteiger partial charge in [-0.3, -0.25) is 19.2 Å². The van der Waals surface area contributed by atoms with Gasteiger partial charge in [0.2, 0.25) is 11.8 Å². The Morgan fingerprint density at radius 1 is 0.660 bits per heavy atom. The van der Waals surface area contributed by atoms with Crippen molar-refractivity contribution < 1.29 is 19.2 Å². The number of benzene rings is 5. The number of rotatable bonds is 11. The predicted molar refractivity (Wildman–Crippen MR) is 200 cm³/mol. The van der Waals surface area contributed by atoms with Crippen LogP contribution in [0.1, 0.15) is 33.7 Å². The molecule has 6 rings (SSSR count). The van der Waals surface area contributed by atoms with Crippen LogP contribution in [-0.2, 0) is 14.4 Å². The van der Waals surface area contributed by atoms with Gasteiger partial charge in [-0.1, -0.05) is 66.7 Å². The van der Waals surface area contributed by atoms with Crippen molar-refractivity contribution in [2.75, 3.05) is 16.0 Å². The molecule has 248 valence electrons. The van der Waals surface area contributed by atoms with Crippen molar-refractivity contribution in [3.63, 3.8) is 0 Å². The fourth-order valence-electron chi connectivity index (χ4n) is 5.21. The molecule has 9 nitrogen and oxygen atoms in total. The number of thioether (sulfide) groups is 1. The number of carbonyl (C=O) groups excluding carboxylic acids is 4. The molecule has 10 heteroatoms. The number of nitrogens with one attached hydrogen (secondary N) is 5. The second-order valence-electron chi connectivity index (χ2n) is 11.3. The minimum absolute atomic E-state index is 0.0768. The lowest BCUT2D eigenvalue weighted by molar-refractivity contribution is -0.116. The summed E-state index contributed by atoms with van der Waals surface area (Å²) in [4.78, 5) is 55.7. The molecule has 5 N–H and O–H groups in total. The van der Waals surface area contributed by atoms with E-state index >= 15 is 0 Å². The number of carbonyl (C=O) groups is 4. The van der Waals surface area contributed by atoms with E-state index in [2.05, 4.69) is 26.3 Å². The van der Waals surface area contributed by atoms with Crippen LogP contribution in [0.15, 0.2) is 150 Å². The van der Waals surface area contributed by atoms with Gasteiger partial charge in [0.05, 0.1) is 0 Å².